The molecule has 0 aliphatic carbocycles. The Balaban J connectivity index is -0.00000108. The van der Waals surface area contributed by atoms with Crippen LogP contribution >= 0.6 is 36.1 Å². The molecule has 0 saturated heterocycles. The number of likely N-dealkylation sites (N-methyl/N-ethyl adjacent to an activating group) is 2. The predicted molar refractivity (Wildman–Crippen MR) is 298 cm³/mol. The second-order valence-electron chi connectivity index (χ2n) is 17.5. The molecule has 0 saturated carbocycles. The van der Waals surface area contributed by atoms with Crippen molar-refractivity contribution in [3.8, 4) is 6.07 Å². The number of aliphatic hydroxyl groups excluding tert-OH is 5. The standard InChI is InChI=1S/C21H33N3O6.C18H28N4O6.C6H15N.C4H7BrO3.C2H3N.2ClH.2Mn/c1-22-7-9-23(18(14-25)20(27)29-2)12-16-5-4-6-17(11-16)13-24(10-8-22)19(15-26)21(28)30-3;1-20-5-7-21(15(11-23)17(25)26)9-13-3-2-4-14(19-13)10-22(8-6-20)16(12-24)18(27)28;1-4-7(5-2)6-3;1-8-4(7)3(5)2-6;1-2-3;;;;/h4-6,11,18-19,25-26H,7-10,12-15H2,1-3H3;2-4,15-16,23-24H,5-12H2,1H3,(H,25,26)(H,27,28);4-6H2,1-3H3;3,6H,2H2,1H3;1H3;2*1H;;/q;;;;;;;;+2/p-2. The minimum absolute atomic E-state index is 0. The molecule has 2 aliphatic rings. The molecule has 2 aliphatic heterocycles. The normalized spacial score (nSPS) is 16.7. The number of hydrogen-bond acceptors (Lipinski definition) is 22. The number of aromatic nitrogens is 1. The minimum atomic E-state index is -1.09. The Hall–Kier alpha value is -3.17. The number of hydrogen-bond donors (Lipinski definition) is 7. The summed E-state index contributed by atoms with van der Waals surface area (Å²) in [6, 6.07) is 11.4. The van der Waals surface area contributed by atoms with Gasteiger partial charge in [-0.3, -0.25) is 48.6 Å². The number of aliphatic carboxylic acids is 2. The average molecular weight is 1330 g/mol. The number of aliphatic hydroxyl groups is 5. The summed E-state index contributed by atoms with van der Waals surface area (Å²) in [6.45, 7) is 15.5. The molecule has 7 N–H and O–H groups in total. The van der Waals surface area contributed by atoms with Crippen molar-refractivity contribution in [2.45, 2.75) is 82.9 Å². The molecule has 1 aromatic heterocycles. The van der Waals surface area contributed by atoms with Crippen molar-refractivity contribution in [2.75, 3.05) is 140 Å². The third-order valence-corrected chi connectivity index (χ3v) is 13.0. The number of carbonyl (C=O) groups is 5. The van der Waals surface area contributed by atoms with Gasteiger partial charge in [-0.15, -0.1) is 0 Å². The van der Waals surface area contributed by atoms with Crippen LogP contribution in [0.3, 0.4) is 0 Å². The number of methoxy groups -OCH3 is 3. The van der Waals surface area contributed by atoms with Crippen molar-refractivity contribution >= 4 is 66.0 Å². The molecule has 5 atom stereocenters. The summed E-state index contributed by atoms with van der Waals surface area (Å²) in [7, 11) is 17.3. The van der Waals surface area contributed by atoms with Gasteiger partial charge in [0.1, 0.15) is 29.0 Å². The number of carbonyl (C=O) groups excluding carboxylic acids is 3. The fourth-order valence-corrected chi connectivity index (χ4v) is 7.93. The van der Waals surface area contributed by atoms with E-state index >= 15 is 0 Å². The zero-order valence-electron chi connectivity index (χ0n) is 47.4. The van der Waals surface area contributed by atoms with Crippen molar-refractivity contribution in [1.82, 2.24) is 39.3 Å². The van der Waals surface area contributed by atoms with Crippen LogP contribution in [0.5, 0.6) is 0 Å². The van der Waals surface area contributed by atoms with Crippen molar-refractivity contribution in [2.24, 2.45) is 0 Å². The molecule has 80 heavy (non-hydrogen) atoms. The first kappa shape index (κ1) is 81.0. The number of fused-ring (bicyclic) bond motifs is 4. The summed E-state index contributed by atoms with van der Waals surface area (Å²) in [4.78, 5) is 75.2. The molecule has 0 amide bonds. The van der Waals surface area contributed by atoms with Crippen LogP contribution in [0.1, 0.15) is 50.2 Å². The van der Waals surface area contributed by atoms with E-state index in [0.29, 0.717) is 76.8 Å². The number of benzene rings is 1. The number of carboxylic acids is 2. The van der Waals surface area contributed by atoms with Crippen molar-refractivity contribution in [1.29, 1.82) is 5.26 Å². The molecule has 1 radical (unpaired) electrons. The number of carboxylic acid groups (broad SMARTS) is 2. The maximum absolute atomic E-state index is 12.2. The Morgan fingerprint density at radius 3 is 1.15 bits per heavy atom. The van der Waals surface area contributed by atoms with E-state index in [2.05, 4.69) is 56.2 Å². The fraction of sp³-hybridized carbons (Fsp3) is 0.667. The number of alkyl halides is 1. The van der Waals surface area contributed by atoms with Crippen molar-refractivity contribution in [3.05, 3.63) is 65.0 Å². The topological polar surface area (TPSA) is 314 Å². The SMILES string of the molecule is CC#N.CCN(CC)CC.CN1CCN(C(CO)C(=O)O)Cc2cccc(n2)CN(C(CO)C(=O)O)CC1.COC(=O)C(Br)CO.COC(=O)C(CO)N1CCN(C)CCN(C(CO)C(=O)OC)Cc2cccc(c2)C1.[Cl][Mn][Cl].[Mn]. The fourth-order valence-electron chi connectivity index (χ4n) is 7.74. The number of esters is 3. The van der Waals surface area contributed by atoms with E-state index in [1.807, 2.05) is 53.1 Å². The monoisotopic (exact) mass is 1320 g/mol. The Morgan fingerprint density at radius 2 is 0.912 bits per heavy atom. The minimum Gasteiger partial charge on any atom is 0 e. The molecule has 460 valence electrons. The summed E-state index contributed by atoms with van der Waals surface area (Å²) in [5, 5.41) is 73.0. The van der Waals surface area contributed by atoms with E-state index in [1.165, 1.54) is 47.9 Å². The summed E-state index contributed by atoms with van der Waals surface area (Å²) >= 11 is 2.88. The molecule has 4 bridgehead atoms. The molecule has 4 rings (SSSR count). The van der Waals surface area contributed by atoms with E-state index in [9.17, 15) is 54.6 Å². The average Bonchev–Trinajstić information content (AvgIpc) is 3.43. The van der Waals surface area contributed by atoms with Gasteiger partial charge in [0.2, 0.25) is 0 Å². The van der Waals surface area contributed by atoms with Gasteiger partial charge in [0, 0.05) is 103 Å². The number of pyridine rings is 1. The van der Waals surface area contributed by atoms with Crippen LogP contribution in [-0.4, -0.2) is 274 Å². The Morgan fingerprint density at radius 1 is 0.613 bits per heavy atom. The first-order valence-corrected chi connectivity index (χ1v) is 29.5. The van der Waals surface area contributed by atoms with Gasteiger partial charge in [-0.2, -0.15) is 5.26 Å². The molecule has 3 heterocycles. The Bertz CT molecular complexity index is 1940. The largest absolute Gasteiger partial charge is 0 e. The van der Waals surface area contributed by atoms with E-state index in [4.69, 9.17) is 40.0 Å². The number of nitriles is 1. The maximum Gasteiger partial charge on any atom is 0 e. The van der Waals surface area contributed by atoms with Crippen LogP contribution in [-0.2, 0) is 94.6 Å². The number of nitrogens with zero attached hydrogens (tertiary/aromatic N) is 9. The summed E-state index contributed by atoms with van der Waals surface area (Å²) < 4.78 is 14.0. The van der Waals surface area contributed by atoms with Gasteiger partial charge in [0.25, 0.3) is 0 Å². The van der Waals surface area contributed by atoms with E-state index in [1.54, 1.807) is 34.1 Å². The molecule has 5 unspecified atom stereocenters. The number of ether oxygens (including phenoxy) is 3. The smallest absolute Gasteiger partial charge is 0 e. The molecule has 1 aromatic carbocycles. The predicted octanol–water partition coefficient (Wildman–Crippen LogP) is 0.993. The molecule has 0 fully saturated rings. The van der Waals surface area contributed by atoms with Crippen LogP contribution in [0, 0.1) is 11.3 Å². The summed E-state index contributed by atoms with van der Waals surface area (Å²) in [6.07, 6.45) is 0. The van der Waals surface area contributed by atoms with Gasteiger partial charge in [-0.05, 0) is 57.0 Å². The maximum atomic E-state index is 12.2. The summed E-state index contributed by atoms with van der Waals surface area (Å²) in [5.74, 6) is -3.55. The van der Waals surface area contributed by atoms with Gasteiger partial charge in [0.05, 0.1) is 71.8 Å². The molecule has 24 nitrogen and oxygen atoms in total. The van der Waals surface area contributed by atoms with Gasteiger partial charge in [-0.25, -0.2) is 0 Å². The Kier molecular flexibility index (Phi) is 49.9. The zero-order chi connectivity index (χ0) is 60.5. The van der Waals surface area contributed by atoms with Crippen LogP contribution in [0.25, 0.3) is 0 Å². The molecular formula is C51H86BrCl2Mn2N9O15. The van der Waals surface area contributed by atoms with Gasteiger partial charge >= 0.3 is 63.2 Å². The quantitative estimate of drug-likeness (QED) is 0.0503. The third kappa shape index (κ3) is 33.2. The molecule has 0 spiro atoms. The number of rotatable bonds is 17. The van der Waals surface area contributed by atoms with Crippen LogP contribution in [0.2, 0.25) is 0 Å². The van der Waals surface area contributed by atoms with Gasteiger partial charge < -0.3 is 64.7 Å². The second-order valence-corrected chi connectivity index (χ2v) is 20.6. The molecule has 29 heteroatoms. The van der Waals surface area contributed by atoms with Gasteiger partial charge in [-0.1, -0.05) is 67.0 Å². The van der Waals surface area contributed by atoms with E-state index < -0.39 is 72.1 Å². The molecule has 2 aromatic rings. The zero-order valence-corrected chi connectivity index (χ0v) is 52.8. The van der Waals surface area contributed by atoms with E-state index in [0.717, 1.165) is 11.1 Å². The summed E-state index contributed by atoms with van der Waals surface area (Å²) in [5.41, 5.74) is 3.24. The van der Waals surface area contributed by atoms with Crippen LogP contribution in [0.4, 0.5) is 0 Å². The van der Waals surface area contributed by atoms with Crippen LogP contribution in [0.15, 0.2) is 42.5 Å². The third-order valence-electron chi connectivity index (χ3n) is 12.4. The van der Waals surface area contributed by atoms with Crippen molar-refractivity contribution in [3.63, 3.8) is 0 Å². The first-order valence-electron chi connectivity index (χ1n) is 25.3. The first-order chi connectivity index (χ1) is 37.7. The van der Waals surface area contributed by atoms with Gasteiger partial charge in [0.15, 0.2) is 0 Å². The number of halogens is 3. The van der Waals surface area contributed by atoms with Crippen LogP contribution < -0.4 is 0 Å². The second kappa shape index (κ2) is 49.3. The molecular weight excluding hydrogens is 1240 g/mol. The van der Waals surface area contributed by atoms with E-state index in [-0.39, 0.29) is 63.1 Å². The van der Waals surface area contributed by atoms with Crippen molar-refractivity contribution < 1.29 is 104 Å². The Labute approximate surface area is 506 Å².